The van der Waals surface area contributed by atoms with Crippen LogP contribution in [0.3, 0.4) is 0 Å². The number of ether oxygens (including phenoxy) is 1. The van der Waals surface area contributed by atoms with Gasteiger partial charge in [0, 0.05) is 32.6 Å². The number of nitrogens with zero attached hydrogens (tertiary/aromatic N) is 3. The number of guanidine groups is 1. The van der Waals surface area contributed by atoms with Crippen LogP contribution in [0.2, 0.25) is 0 Å². The number of aliphatic imine (C=N–C) groups is 1. The van der Waals surface area contributed by atoms with Crippen molar-refractivity contribution in [1.29, 1.82) is 0 Å². The molecule has 1 heterocycles. The van der Waals surface area contributed by atoms with Crippen molar-refractivity contribution in [3.63, 3.8) is 0 Å². The van der Waals surface area contributed by atoms with Crippen molar-refractivity contribution in [2.75, 3.05) is 52.9 Å². The number of hydrogen-bond acceptors (Lipinski definition) is 4. The maximum atomic E-state index is 12.2. The second-order valence-electron chi connectivity index (χ2n) is 7.50. The first-order chi connectivity index (χ1) is 14.6. The molecular weight excluding hydrogens is 378 g/mol. The Hall–Kier alpha value is -2.28. The van der Waals surface area contributed by atoms with E-state index in [-0.39, 0.29) is 11.9 Å². The standard InChI is InChI=1S/C23H39N5O2/c1-5-24-23(25-14-13-22(29)27(6-2)7-3)26-18-21(28-15-8-9-16-28)19-11-10-12-20(17-19)30-4/h10-12,17,21H,5-9,13-16,18H2,1-4H3,(H2,24,25,26). The third-order valence-corrected chi connectivity index (χ3v) is 5.57. The fourth-order valence-electron chi connectivity index (χ4n) is 3.88. The van der Waals surface area contributed by atoms with Gasteiger partial charge in [-0.25, -0.2) is 0 Å². The summed E-state index contributed by atoms with van der Waals surface area (Å²) < 4.78 is 5.43. The number of carbonyl (C=O) groups excluding carboxylic acids is 1. The van der Waals surface area contributed by atoms with Crippen molar-refractivity contribution in [3.05, 3.63) is 29.8 Å². The van der Waals surface area contributed by atoms with E-state index >= 15 is 0 Å². The topological polar surface area (TPSA) is 69.2 Å². The molecule has 7 heteroatoms. The molecule has 0 bridgehead atoms. The van der Waals surface area contributed by atoms with Crippen molar-refractivity contribution >= 4 is 11.9 Å². The van der Waals surface area contributed by atoms with Gasteiger partial charge in [-0.1, -0.05) is 12.1 Å². The van der Waals surface area contributed by atoms with Crippen LogP contribution < -0.4 is 15.4 Å². The van der Waals surface area contributed by atoms with Gasteiger partial charge in [0.2, 0.25) is 5.91 Å². The van der Waals surface area contributed by atoms with Crippen LogP contribution in [-0.2, 0) is 4.79 Å². The average molecular weight is 418 g/mol. The monoisotopic (exact) mass is 417 g/mol. The number of rotatable bonds is 11. The molecule has 1 aromatic carbocycles. The van der Waals surface area contributed by atoms with Gasteiger partial charge in [0.25, 0.3) is 0 Å². The minimum Gasteiger partial charge on any atom is -0.497 e. The van der Waals surface area contributed by atoms with E-state index in [9.17, 15) is 4.79 Å². The lowest BCUT2D eigenvalue weighted by Crippen LogP contribution is -2.40. The SMILES string of the molecule is CCNC(=NCC(c1cccc(OC)c1)N1CCCC1)NCCC(=O)N(CC)CC. The van der Waals surface area contributed by atoms with Crippen molar-refractivity contribution < 1.29 is 9.53 Å². The molecule has 1 aliphatic rings. The minimum absolute atomic E-state index is 0.176. The van der Waals surface area contributed by atoms with Crippen molar-refractivity contribution in [1.82, 2.24) is 20.4 Å². The third-order valence-electron chi connectivity index (χ3n) is 5.57. The second kappa shape index (κ2) is 13.1. The van der Waals surface area contributed by atoms with Crippen molar-refractivity contribution in [2.24, 2.45) is 4.99 Å². The number of methoxy groups -OCH3 is 1. The molecule has 0 radical (unpaired) electrons. The predicted molar refractivity (Wildman–Crippen MR) is 123 cm³/mol. The van der Waals surface area contributed by atoms with E-state index in [4.69, 9.17) is 9.73 Å². The molecule has 1 atom stereocenters. The van der Waals surface area contributed by atoms with E-state index in [0.29, 0.717) is 19.5 Å². The molecule has 1 aliphatic heterocycles. The normalized spacial score (nSPS) is 15.7. The van der Waals surface area contributed by atoms with Crippen LogP contribution in [0.25, 0.3) is 0 Å². The molecule has 0 spiro atoms. The molecule has 0 saturated carbocycles. The van der Waals surface area contributed by atoms with E-state index < -0.39 is 0 Å². The van der Waals surface area contributed by atoms with Crippen LogP contribution in [0, 0.1) is 0 Å². The van der Waals surface area contributed by atoms with E-state index in [1.807, 2.05) is 30.9 Å². The number of amides is 1. The summed E-state index contributed by atoms with van der Waals surface area (Å²) in [4.78, 5) is 21.5. The maximum absolute atomic E-state index is 12.2. The summed E-state index contributed by atoms with van der Waals surface area (Å²) in [6, 6.07) is 8.51. The fourth-order valence-corrected chi connectivity index (χ4v) is 3.88. The number of benzene rings is 1. The first-order valence-electron chi connectivity index (χ1n) is 11.3. The number of hydrogen-bond donors (Lipinski definition) is 2. The Morgan fingerprint density at radius 1 is 1.20 bits per heavy atom. The van der Waals surface area contributed by atoms with Crippen molar-refractivity contribution in [2.45, 2.75) is 46.1 Å². The summed E-state index contributed by atoms with van der Waals surface area (Å²) in [5.41, 5.74) is 1.23. The zero-order valence-electron chi connectivity index (χ0n) is 19.1. The number of likely N-dealkylation sites (tertiary alicyclic amines) is 1. The van der Waals surface area contributed by atoms with E-state index in [2.05, 4.69) is 34.6 Å². The number of nitrogens with one attached hydrogen (secondary N) is 2. The molecule has 0 aromatic heterocycles. The summed E-state index contributed by atoms with van der Waals surface area (Å²) in [6.07, 6.45) is 2.93. The summed E-state index contributed by atoms with van der Waals surface area (Å²) >= 11 is 0. The van der Waals surface area contributed by atoms with Gasteiger partial charge in [-0.3, -0.25) is 14.7 Å². The Bertz CT molecular complexity index is 669. The van der Waals surface area contributed by atoms with Crippen LogP contribution in [0.4, 0.5) is 0 Å². The first kappa shape index (κ1) is 24.0. The van der Waals surface area contributed by atoms with Gasteiger partial charge in [0.05, 0.1) is 19.7 Å². The molecule has 7 nitrogen and oxygen atoms in total. The van der Waals surface area contributed by atoms with Gasteiger partial charge < -0.3 is 20.3 Å². The highest BCUT2D eigenvalue weighted by Gasteiger charge is 2.23. The Balaban J connectivity index is 2.04. The molecule has 0 aliphatic carbocycles. The molecule has 2 rings (SSSR count). The van der Waals surface area contributed by atoms with Crippen LogP contribution in [-0.4, -0.2) is 74.6 Å². The van der Waals surface area contributed by atoms with Gasteiger partial charge in [-0.05, 0) is 64.4 Å². The molecule has 2 N–H and O–H groups in total. The van der Waals surface area contributed by atoms with Crippen LogP contribution in [0.5, 0.6) is 5.75 Å². The Morgan fingerprint density at radius 2 is 1.93 bits per heavy atom. The van der Waals surface area contributed by atoms with Crippen LogP contribution >= 0.6 is 0 Å². The molecule has 168 valence electrons. The Kier molecular flexibility index (Phi) is 10.5. The molecule has 1 aromatic rings. The summed E-state index contributed by atoms with van der Waals surface area (Å²) in [5, 5.41) is 6.63. The van der Waals surface area contributed by atoms with Crippen LogP contribution in [0.15, 0.2) is 29.3 Å². The molecular formula is C23H39N5O2. The lowest BCUT2D eigenvalue weighted by Gasteiger charge is -2.27. The fraction of sp³-hybridized carbons (Fsp3) is 0.652. The van der Waals surface area contributed by atoms with Crippen molar-refractivity contribution in [3.8, 4) is 5.75 Å². The second-order valence-corrected chi connectivity index (χ2v) is 7.50. The first-order valence-corrected chi connectivity index (χ1v) is 11.3. The highest BCUT2D eigenvalue weighted by molar-refractivity contribution is 5.81. The summed E-state index contributed by atoms with van der Waals surface area (Å²) in [7, 11) is 1.70. The molecule has 1 amide bonds. The molecule has 1 saturated heterocycles. The lowest BCUT2D eigenvalue weighted by molar-refractivity contribution is -0.130. The van der Waals surface area contributed by atoms with E-state index in [1.165, 1.54) is 18.4 Å². The summed E-state index contributed by atoms with van der Waals surface area (Å²) in [5.74, 6) is 1.81. The average Bonchev–Trinajstić information content (AvgIpc) is 3.29. The van der Waals surface area contributed by atoms with Gasteiger partial charge in [-0.15, -0.1) is 0 Å². The van der Waals surface area contributed by atoms with E-state index in [1.54, 1.807) is 7.11 Å². The quantitative estimate of drug-likeness (QED) is 0.428. The van der Waals surface area contributed by atoms with Gasteiger partial charge in [0.1, 0.15) is 5.75 Å². The largest absolute Gasteiger partial charge is 0.497 e. The minimum atomic E-state index is 0.176. The number of carbonyl (C=O) groups is 1. The van der Waals surface area contributed by atoms with Gasteiger partial charge >= 0.3 is 0 Å². The Morgan fingerprint density at radius 3 is 2.57 bits per heavy atom. The van der Waals surface area contributed by atoms with Gasteiger partial charge in [-0.2, -0.15) is 0 Å². The Labute approximate surface area is 181 Å². The smallest absolute Gasteiger partial charge is 0.224 e. The lowest BCUT2D eigenvalue weighted by atomic mass is 10.1. The zero-order chi connectivity index (χ0) is 21.8. The predicted octanol–water partition coefficient (Wildman–Crippen LogP) is 2.65. The highest BCUT2D eigenvalue weighted by atomic mass is 16.5. The maximum Gasteiger partial charge on any atom is 0.224 e. The zero-order valence-corrected chi connectivity index (χ0v) is 19.1. The van der Waals surface area contributed by atoms with Gasteiger partial charge in [0.15, 0.2) is 5.96 Å². The van der Waals surface area contributed by atoms with Crippen LogP contribution in [0.1, 0.15) is 51.6 Å². The highest BCUT2D eigenvalue weighted by Crippen LogP contribution is 2.27. The summed E-state index contributed by atoms with van der Waals surface area (Å²) in [6.45, 7) is 11.8. The molecule has 30 heavy (non-hydrogen) atoms. The van der Waals surface area contributed by atoms with E-state index in [0.717, 1.165) is 44.4 Å². The third kappa shape index (κ3) is 7.20. The molecule has 1 fully saturated rings. The molecule has 1 unspecified atom stereocenters.